The van der Waals surface area contributed by atoms with Gasteiger partial charge < -0.3 is 4.74 Å². The quantitative estimate of drug-likeness (QED) is 0.418. The second kappa shape index (κ2) is 3.10. The molecule has 13 heavy (non-hydrogen) atoms. The van der Waals surface area contributed by atoms with Gasteiger partial charge in [-0.15, -0.1) is 0 Å². The van der Waals surface area contributed by atoms with Crippen molar-refractivity contribution in [2.45, 2.75) is 18.9 Å². The summed E-state index contributed by atoms with van der Waals surface area (Å²) in [4.78, 5) is 24.9. The molecule has 1 atom stereocenters. The second-order valence-corrected chi connectivity index (χ2v) is 3.64. The summed E-state index contributed by atoms with van der Waals surface area (Å²) in [7, 11) is 1.33. The van der Waals surface area contributed by atoms with E-state index in [-0.39, 0.29) is 11.7 Å². The summed E-state index contributed by atoms with van der Waals surface area (Å²) in [5.41, 5.74) is 0. The molecule has 0 N–H and O–H groups in total. The number of Topliss-reactive ketones (excluding diaryl/α,β-unsaturated/α-hetero) is 1. The number of nitrogens with zero attached hydrogens (tertiary/aromatic N) is 1. The second-order valence-electron chi connectivity index (χ2n) is 3.64. The van der Waals surface area contributed by atoms with Crippen LogP contribution in [-0.4, -0.2) is 42.9 Å². The number of carbonyl (C=O) groups excluding carboxylic acids is 2. The molecule has 3 aliphatic rings. The number of ketones is 1. The first-order valence-electron chi connectivity index (χ1n) is 4.59. The highest BCUT2D eigenvalue weighted by atomic mass is 16.5. The van der Waals surface area contributed by atoms with Gasteiger partial charge in [-0.3, -0.25) is 9.69 Å². The van der Waals surface area contributed by atoms with Gasteiger partial charge in [0.15, 0.2) is 11.8 Å². The van der Waals surface area contributed by atoms with Crippen LogP contribution in [0, 0.1) is 5.92 Å². The molecule has 0 amide bonds. The highest BCUT2D eigenvalue weighted by molar-refractivity contribution is 6.05. The first kappa shape index (κ1) is 8.69. The van der Waals surface area contributed by atoms with E-state index in [4.69, 9.17) is 0 Å². The minimum Gasteiger partial charge on any atom is -0.468 e. The standard InChI is InChI=1S/C9H13NO3/c1-13-9(12)7-8(11)6-2-4-10(7)5-3-6/h6-7H,2-5H2,1H3. The Bertz CT molecular complexity index is 243. The zero-order chi connectivity index (χ0) is 9.42. The Morgan fingerprint density at radius 2 is 2.08 bits per heavy atom. The maximum Gasteiger partial charge on any atom is 0.330 e. The highest BCUT2D eigenvalue weighted by Crippen LogP contribution is 2.29. The molecular formula is C9H13NO3. The van der Waals surface area contributed by atoms with E-state index in [1.165, 1.54) is 7.11 Å². The van der Waals surface area contributed by atoms with Crippen LogP contribution in [0.1, 0.15) is 12.8 Å². The van der Waals surface area contributed by atoms with E-state index in [1.807, 2.05) is 4.90 Å². The first-order chi connectivity index (χ1) is 6.24. The van der Waals surface area contributed by atoms with Gasteiger partial charge in [0.05, 0.1) is 7.11 Å². The molecule has 3 rings (SSSR count). The molecule has 1 unspecified atom stereocenters. The van der Waals surface area contributed by atoms with Crippen molar-refractivity contribution in [3.63, 3.8) is 0 Å². The number of fused-ring (bicyclic) bond motifs is 3. The molecule has 72 valence electrons. The van der Waals surface area contributed by atoms with E-state index in [2.05, 4.69) is 4.74 Å². The molecule has 0 radical (unpaired) electrons. The summed E-state index contributed by atoms with van der Waals surface area (Å²) < 4.78 is 4.61. The number of hydrogen-bond acceptors (Lipinski definition) is 4. The lowest BCUT2D eigenvalue weighted by Gasteiger charge is -2.42. The number of hydrogen-bond donors (Lipinski definition) is 0. The van der Waals surface area contributed by atoms with E-state index >= 15 is 0 Å². The Hall–Kier alpha value is -0.900. The third-order valence-electron chi connectivity index (χ3n) is 2.99. The molecule has 3 heterocycles. The van der Waals surface area contributed by atoms with Crippen LogP contribution in [-0.2, 0) is 14.3 Å². The Labute approximate surface area is 76.8 Å². The summed E-state index contributed by atoms with van der Waals surface area (Å²) in [6, 6.07) is -0.600. The summed E-state index contributed by atoms with van der Waals surface area (Å²) in [6.07, 6.45) is 1.82. The fraction of sp³-hybridized carbons (Fsp3) is 0.778. The summed E-state index contributed by atoms with van der Waals surface area (Å²) in [5, 5.41) is 0. The highest BCUT2D eigenvalue weighted by Gasteiger charge is 2.45. The number of carbonyl (C=O) groups is 2. The average Bonchev–Trinajstić information content (AvgIpc) is 2.18. The summed E-state index contributed by atoms with van der Waals surface area (Å²) in [5.74, 6) is -0.229. The van der Waals surface area contributed by atoms with Crippen molar-refractivity contribution in [2.75, 3.05) is 20.2 Å². The largest absolute Gasteiger partial charge is 0.468 e. The minimum atomic E-state index is -0.600. The molecule has 0 spiro atoms. The van der Waals surface area contributed by atoms with Crippen LogP contribution < -0.4 is 0 Å². The number of ether oxygens (including phenoxy) is 1. The normalized spacial score (nSPS) is 37.6. The summed E-state index contributed by atoms with van der Waals surface area (Å²) >= 11 is 0. The number of piperidine rings is 3. The Morgan fingerprint density at radius 1 is 1.46 bits per heavy atom. The van der Waals surface area contributed by atoms with Gasteiger partial charge in [-0.05, 0) is 12.8 Å². The van der Waals surface area contributed by atoms with Gasteiger partial charge in [0, 0.05) is 19.0 Å². The lowest BCUT2D eigenvalue weighted by Crippen LogP contribution is -2.58. The molecule has 0 aliphatic carbocycles. The van der Waals surface area contributed by atoms with Crippen molar-refractivity contribution >= 4 is 11.8 Å². The molecule has 4 nitrogen and oxygen atoms in total. The van der Waals surface area contributed by atoms with Crippen LogP contribution in [0.4, 0.5) is 0 Å². The SMILES string of the molecule is COC(=O)C1C(=O)C2CCN1CC2. The lowest BCUT2D eigenvalue weighted by molar-refractivity contribution is -0.158. The molecule has 0 aromatic rings. The van der Waals surface area contributed by atoms with Crippen molar-refractivity contribution in [1.29, 1.82) is 0 Å². The minimum absolute atomic E-state index is 0.0596. The predicted molar refractivity (Wildman–Crippen MR) is 45.1 cm³/mol. The van der Waals surface area contributed by atoms with Crippen LogP contribution in [0.15, 0.2) is 0 Å². The molecule has 2 bridgehead atoms. The predicted octanol–water partition coefficient (Wildman–Crippen LogP) is -0.177. The van der Waals surface area contributed by atoms with E-state index < -0.39 is 12.0 Å². The lowest BCUT2D eigenvalue weighted by atomic mass is 9.82. The molecular weight excluding hydrogens is 170 g/mol. The number of methoxy groups -OCH3 is 1. The summed E-state index contributed by atoms with van der Waals surface area (Å²) in [6.45, 7) is 1.71. The van der Waals surface area contributed by atoms with Gasteiger partial charge in [0.25, 0.3) is 0 Å². The van der Waals surface area contributed by atoms with E-state index in [0.29, 0.717) is 0 Å². The maximum absolute atomic E-state index is 11.6. The topological polar surface area (TPSA) is 46.6 Å². The van der Waals surface area contributed by atoms with Crippen molar-refractivity contribution in [1.82, 2.24) is 4.90 Å². The van der Waals surface area contributed by atoms with Gasteiger partial charge in [-0.2, -0.15) is 0 Å². The Morgan fingerprint density at radius 3 is 2.54 bits per heavy atom. The smallest absolute Gasteiger partial charge is 0.330 e. The van der Waals surface area contributed by atoms with Gasteiger partial charge in [-0.1, -0.05) is 0 Å². The molecule has 0 saturated carbocycles. The fourth-order valence-corrected chi connectivity index (χ4v) is 2.22. The molecule has 0 aromatic carbocycles. The van der Waals surface area contributed by atoms with E-state index in [1.54, 1.807) is 0 Å². The van der Waals surface area contributed by atoms with E-state index in [0.717, 1.165) is 25.9 Å². The zero-order valence-corrected chi connectivity index (χ0v) is 7.66. The third-order valence-corrected chi connectivity index (χ3v) is 2.99. The molecule has 0 aromatic heterocycles. The molecule has 3 fully saturated rings. The van der Waals surface area contributed by atoms with Crippen molar-refractivity contribution in [2.24, 2.45) is 5.92 Å². The van der Waals surface area contributed by atoms with Crippen molar-refractivity contribution < 1.29 is 14.3 Å². The molecule has 3 aliphatic heterocycles. The van der Waals surface area contributed by atoms with Crippen LogP contribution in [0.2, 0.25) is 0 Å². The van der Waals surface area contributed by atoms with Gasteiger partial charge in [-0.25, -0.2) is 4.79 Å². The van der Waals surface area contributed by atoms with Crippen LogP contribution >= 0.6 is 0 Å². The van der Waals surface area contributed by atoms with Crippen LogP contribution in [0.3, 0.4) is 0 Å². The van der Waals surface area contributed by atoms with Crippen LogP contribution in [0.5, 0.6) is 0 Å². The van der Waals surface area contributed by atoms with Gasteiger partial charge in [0.1, 0.15) is 0 Å². The Balaban J connectivity index is 2.18. The molecule has 3 saturated heterocycles. The van der Waals surface area contributed by atoms with E-state index in [9.17, 15) is 9.59 Å². The monoisotopic (exact) mass is 183 g/mol. The van der Waals surface area contributed by atoms with Crippen molar-refractivity contribution in [3.8, 4) is 0 Å². The zero-order valence-electron chi connectivity index (χ0n) is 7.66. The third kappa shape index (κ3) is 1.25. The fourth-order valence-electron chi connectivity index (χ4n) is 2.22. The Kier molecular flexibility index (Phi) is 2.07. The molecule has 4 heteroatoms. The average molecular weight is 183 g/mol. The van der Waals surface area contributed by atoms with Gasteiger partial charge >= 0.3 is 5.97 Å². The van der Waals surface area contributed by atoms with Crippen molar-refractivity contribution in [3.05, 3.63) is 0 Å². The van der Waals surface area contributed by atoms with Gasteiger partial charge in [0.2, 0.25) is 0 Å². The van der Waals surface area contributed by atoms with Crippen LogP contribution in [0.25, 0.3) is 0 Å². The number of rotatable bonds is 1. The first-order valence-corrected chi connectivity index (χ1v) is 4.59. The number of esters is 1. The maximum atomic E-state index is 11.6.